The molecule has 0 saturated heterocycles. The Morgan fingerprint density at radius 3 is 2.65 bits per heavy atom. The van der Waals surface area contributed by atoms with Crippen molar-refractivity contribution in [3.05, 3.63) is 35.4 Å². The Kier molecular flexibility index (Phi) is 4.70. The fraction of sp³-hybridized carbons (Fsp3) is 0.500. The van der Waals surface area contributed by atoms with Crippen LogP contribution in [0.4, 0.5) is 0 Å². The molecule has 0 saturated carbocycles. The van der Waals surface area contributed by atoms with Gasteiger partial charge in [-0.1, -0.05) is 26.0 Å². The van der Waals surface area contributed by atoms with E-state index >= 15 is 0 Å². The summed E-state index contributed by atoms with van der Waals surface area (Å²) in [5, 5.41) is 9.46. The molecule has 0 bridgehead atoms. The van der Waals surface area contributed by atoms with E-state index in [2.05, 4.69) is 0 Å². The third-order valence-electron chi connectivity index (χ3n) is 3.20. The molecule has 0 radical (unpaired) electrons. The van der Waals surface area contributed by atoms with Crippen LogP contribution in [0.1, 0.15) is 43.1 Å². The van der Waals surface area contributed by atoms with Crippen molar-refractivity contribution in [2.75, 3.05) is 13.2 Å². The van der Waals surface area contributed by atoms with Gasteiger partial charge in [-0.05, 0) is 31.0 Å². The summed E-state index contributed by atoms with van der Waals surface area (Å²) in [6.45, 7) is 6.22. The van der Waals surface area contributed by atoms with Gasteiger partial charge in [-0.15, -0.1) is 0 Å². The van der Waals surface area contributed by atoms with Crippen molar-refractivity contribution in [3.63, 3.8) is 0 Å². The van der Waals surface area contributed by atoms with Crippen LogP contribution in [-0.4, -0.2) is 24.3 Å². The van der Waals surface area contributed by atoms with E-state index in [1.807, 2.05) is 26.0 Å². The van der Waals surface area contributed by atoms with E-state index in [-0.39, 0.29) is 18.0 Å². The van der Waals surface area contributed by atoms with Crippen LogP contribution in [0.3, 0.4) is 0 Å². The van der Waals surface area contributed by atoms with Gasteiger partial charge in [0.25, 0.3) is 0 Å². The molecule has 0 aliphatic heterocycles. The number of rotatable bonds is 5. The number of aliphatic hydroxyl groups excluding tert-OH is 1. The van der Waals surface area contributed by atoms with E-state index in [1.54, 1.807) is 19.1 Å². The van der Waals surface area contributed by atoms with Crippen LogP contribution in [0.2, 0.25) is 0 Å². The van der Waals surface area contributed by atoms with E-state index in [4.69, 9.17) is 4.74 Å². The first-order valence-electron chi connectivity index (χ1n) is 5.96. The predicted octanol–water partition coefficient (Wildman–Crippen LogP) is 2.52. The summed E-state index contributed by atoms with van der Waals surface area (Å²) in [7, 11) is 0. The average Bonchev–Trinajstić information content (AvgIpc) is 2.38. The topological polar surface area (TPSA) is 46.5 Å². The fourth-order valence-corrected chi connectivity index (χ4v) is 1.64. The van der Waals surface area contributed by atoms with Crippen LogP contribution in [-0.2, 0) is 10.2 Å². The Bertz CT molecular complexity index is 381. The molecule has 1 rings (SSSR count). The summed E-state index contributed by atoms with van der Waals surface area (Å²) < 4.78 is 4.96. The van der Waals surface area contributed by atoms with Crippen LogP contribution < -0.4 is 0 Å². The largest absolute Gasteiger partial charge is 0.462 e. The number of carbonyl (C=O) groups is 1. The second-order valence-corrected chi connectivity index (χ2v) is 4.37. The third-order valence-corrected chi connectivity index (χ3v) is 3.20. The summed E-state index contributed by atoms with van der Waals surface area (Å²) in [6.07, 6.45) is 0.815. The van der Waals surface area contributed by atoms with Crippen LogP contribution in [0, 0.1) is 0 Å². The van der Waals surface area contributed by atoms with Crippen molar-refractivity contribution in [2.24, 2.45) is 0 Å². The van der Waals surface area contributed by atoms with E-state index < -0.39 is 0 Å². The van der Waals surface area contributed by atoms with Crippen molar-refractivity contribution in [3.8, 4) is 0 Å². The second-order valence-electron chi connectivity index (χ2n) is 4.37. The SMILES string of the molecule is CCOC(=O)c1cccc(C(C)(CC)CO)c1. The quantitative estimate of drug-likeness (QED) is 0.799. The van der Waals surface area contributed by atoms with Gasteiger partial charge < -0.3 is 9.84 Å². The minimum absolute atomic E-state index is 0.0653. The molecule has 3 nitrogen and oxygen atoms in total. The molecular formula is C14H20O3. The molecule has 0 spiro atoms. The Hall–Kier alpha value is -1.35. The molecular weight excluding hydrogens is 216 g/mol. The van der Waals surface area contributed by atoms with Crippen LogP contribution >= 0.6 is 0 Å². The number of aliphatic hydroxyl groups is 1. The van der Waals surface area contributed by atoms with E-state index in [9.17, 15) is 9.90 Å². The number of ether oxygens (including phenoxy) is 1. The highest BCUT2D eigenvalue weighted by Crippen LogP contribution is 2.27. The number of esters is 1. The molecule has 1 unspecified atom stereocenters. The molecule has 1 atom stereocenters. The first-order valence-corrected chi connectivity index (χ1v) is 5.96. The standard InChI is InChI=1S/C14H20O3/c1-4-14(3,10-15)12-8-6-7-11(9-12)13(16)17-5-2/h6-9,15H,4-5,10H2,1-3H3. The molecule has 0 aliphatic carbocycles. The first kappa shape index (κ1) is 13.7. The van der Waals surface area contributed by atoms with Gasteiger partial charge in [-0.25, -0.2) is 4.79 Å². The summed E-state index contributed by atoms with van der Waals surface area (Å²) >= 11 is 0. The normalized spacial score (nSPS) is 14.1. The smallest absolute Gasteiger partial charge is 0.338 e. The van der Waals surface area contributed by atoms with Crippen molar-refractivity contribution < 1.29 is 14.6 Å². The molecule has 0 heterocycles. The van der Waals surface area contributed by atoms with E-state index in [1.165, 1.54) is 0 Å². The summed E-state index contributed by atoms with van der Waals surface area (Å²) in [5.74, 6) is -0.314. The lowest BCUT2D eigenvalue weighted by Gasteiger charge is -2.26. The zero-order valence-electron chi connectivity index (χ0n) is 10.7. The maximum absolute atomic E-state index is 11.6. The lowest BCUT2D eigenvalue weighted by atomic mass is 9.80. The Balaban J connectivity index is 3.04. The monoisotopic (exact) mass is 236 g/mol. The number of benzene rings is 1. The van der Waals surface area contributed by atoms with Crippen molar-refractivity contribution in [1.29, 1.82) is 0 Å². The average molecular weight is 236 g/mol. The molecule has 1 N–H and O–H groups in total. The predicted molar refractivity (Wildman–Crippen MR) is 67.1 cm³/mol. The maximum Gasteiger partial charge on any atom is 0.338 e. The molecule has 0 fully saturated rings. The molecule has 17 heavy (non-hydrogen) atoms. The van der Waals surface area contributed by atoms with Gasteiger partial charge in [-0.2, -0.15) is 0 Å². The molecule has 0 aromatic heterocycles. The zero-order valence-corrected chi connectivity index (χ0v) is 10.7. The van der Waals surface area contributed by atoms with Crippen LogP contribution in [0.25, 0.3) is 0 Å². The van der Waals surface area contributed by atoms with Gasteiger partial charge in [0.05, 0.1) is 18.8 Å². The highest BCUT2D eigenvalue weighted by atomic mass is 16.5. The van der Waals surface area contributed by atoms with Crippen molar-refractivity contribution >= 4 is 5.97 Å². The minimum Gasteiger partial charge on any atom is -0.462 e. The van der Waals surface area contributed by atoms with Crippen molar-refractivity contribution in [1.82, 2.24) is 0 Å². The molecule has 3 heteroatoms. The number of hydrogen-bond acceptors (Lipinski definition) is 3. The van der Waals surface area contributed by atoms with Gasteiger partial charge in [0.1, 0.15) is 0 Å². The summed E-state index contributed by atoms with van der Waals surface area (Å²) in [5.41, 5.74) is 1.20. The molecule has 0 aliphatic rings. The highest BCUT2D eigenvalue weighted by molar-refractivity contribution is 5.89. The van der Waals surface area contributed by atoms with Crippen LogP contribution in [0.15, 0.2) is 24.3 Å². The summed E-state index contributed by atoms with van der Waals surface area (Å²) in [4.78, 5) is 11.6. The maximum atomic E-state index is 11.6. The van der Waals surface area contributed by atoms with E-state index in [0.29, 0.717) is 12.2 Å². The number of hydrogen-bond donors (Lipinski definition) is 1. The zero-order chi connectivity index (χ0) is 12.9. The highest BCUT2D eigenvalue weighted by Gasteiger charge is 2.24. The van der Waals surface area contributed by atoms with Gasteiger partial charge in [0.15, 0.2) is 0 Å². The molecule has 1 aromatic carbocycles. The number of carbonyl (C=O) groups excluding carboxylic acids is 1. The van der Waals surface area contributed by atoms with Gasteiger partial charge in [0.2, 0.25) is 0 Å². The lowest BCUT2D eigenvalue weighted by Crippen LogP contribution is -2.26. The van der Waals surface area contributed by atoms with Gasteiger partial charge in [-0.3, -0.25) is 0 Å². The van der Waals surface area contributed by atoms with Crippen molar-refractivity contribution in [2.45, 2.75) is 32.6 Å². The Morgan fingerprint density at radius 1 is 1.41 bits per heavy atom. The molecule has 0 amide bonds. The van der Waals surface area contributed by atoms with E-state index in [0.717, 1.165) is 12.0 Å². The third kappa shape index (κ3) is 3.07. The lowest BCUT2D eigenvalue weighted by molar-refractivity contribution is 0.0526. The fourth-order valence-electron chi connectivity index (χ4n) is 1.64. The first-order chi connectivity index (χ1) is 8.07. The Labute approximate surface area is 102 Å². The summed E-state index contributed by atoms with van der Waals surface area (Å²) in [6, 6.07) is 7.29. The minimum atomic E-state index is -0.314. The van der Waals surface area contributed by atoms with Gasteiger partial charge in [0, 0.05) is 5.41 Å². The molecule has 1 aromatic rings. The Morgan fingerprint density at radius 2 is 2.12 bits per heavy atom. The second kappa shape index (κ2) is 5.82. The molecule has 94 valence electrons. The van der Waals surface area contributed by atoms with Crippen LogP contribution in [0.5, 0.6) is 0 Å². The van der Waals surface area contributed by atoms with Gasteiger partial charge >= 0.3 is 5.97 Å².